The number of amides is 1. The van der Waals surface area contributed by atoms with Crippen LogP contribution in [0.2, 0.25) is 0 Å². The van der Waals surface area contributed by atoms with Gasteiger partial charge in [0.2, 0.25) is 15.9 Å². The monoisotopic (exact) mass is 355 g/mol. The Bertz CT molecular complexity index is 683. The number of nitrogens with zero attached hydrogens (tertiary/aromatic N) is 2. The number of benzene rings is 1. The molecule has 8 heteroatoms. The number of hydrogen-bond donors (Lipinski definition) is 1. The van der Waals surface area contributed by atoms with Gasteiger partial charge in [0, 0.05) is 32.6 Å². The molecule has 0 radical (unpaired) electrons. The van der Waals surface area contributed by atoms with Gasteiger partial charge in [-0.25, -0.2) is 8.42 Å². The van der Waals surface area contributed by atoms with E-state index in [0.29, 0.717) is 50.6 Å². The second kappa shape index (κ2) is 7.96. The van der Waals surface area contributed by atoms with Crippen molar-refractivity contribution in [2.45, 2.75) is 25.2 Å². The van der Waals surface area contributed by atoms with Gasteiger partial charge in [0.1, 0.15) is 5.75 Å². The lowest BCUT2D eigenvalue weighted by atomic mass is 10.3. The number of nitrogens with one attached hydrogen (secondary N) is 1. The highest BCUT2D eigenvalue weighted by atomic mass is 32.2. The normalized spacial score (nSPS) is 16.8. The molecule has 7 nitrogen and oxygen atoms in total. The summed E-state index contributed by atoms with van der Waals surface area (Å²) in [5.41, 5.74) is 0.388. The van der Waals surface area contributed by atoms with Crippen LogP contribution < -0.4 is 10.1 Å². The van der Waals surface area contributed by atoms with E-state index < -0.39 is 10.0 Å². The summed E-state index contributed by atoms with van der Waals surface area (Å²) in [5, 5.41) is 2.71. The number of sulfonamides is 1. The van der Waals surface area contributed by atoms with Crippen LogP contribution in [0.25, 0.3) is 0 Å². The van der Waals surface area contributed by atoms with E-state index in [1.54, 1.807) is 13.0 Å². The summed E-state index contributed by atoms with van der Waals surface area (Å²) in [5.74, 6) is 0.279. The standard InChI is InChI=1S/C16H25N3O4S/c1-4-16(20)17-14-12-13(6-7-15(14)23-5-2)24(21,22)19-10-8-18(3)9-11-19/h6-7,12H,4-5,8-11H2,1-3H3,(H,17,20). The molecule has 1 saturated heterocycles. The molecule has 0 bridgehead atoms. The van der Waals surface area contributed by atoms with Crippen molar-refractivity contribution in [3.05, 3.63) is 18.2 Å². The summed E-state index contributed by atoms with van der Waals surface area (Å²) in [6.45, 7) is 6.33. The van der Waals surface area contributed by atoms with Gasteiger partial charge in [-0.1, -0.05) is 6.92 Å². The lowest BCUT2D eigenvalue weighted by Gasteiger charge is -2.31. The minimum Gasteiger partial charge on any atom is -0.492 e. The Kier molecular flexibility index (Phi) is 6.20. The number of likely N-dealkylation sites (N-methyl/N-ethyl adjacent to an activating group) is 1. The molecule has 1 aromatic rings. The van der Waals surface area contributed by atoms with Crippen LogP contribution >= 0.6 is 0 Å². The van der Waals surface area contributed by atoms with E-state index in [9.17, 15) is 13.2 Å². The predicted molar refractivity (Wildman–Crippen MR) is 92.8 cm³/mol. The van der Waals surface area contributed by atoms with Gasteiger partial charge in [0.05, 0.1) is 17.2 Å². The molecule has 1 heterocycles. The van der Waals surface area contributed by atoms with E-state index in [4.69, 9.17) is 4.74 Å². The van der Waals surface area contributed by atoms with E-state index in [1.807, 2.05) is 14.0 Å². The molecule has 1 aromatic carbocycles. The Morgan fingerprint density at radius 1 is 1.21 bits per heavy atom. The smallest absolute Gasteiger partial charge is 0.243 e. The van der Waals surface area contributed by atoms with Crippen LogP contribution in [0.3, 0.4) is 0 Å². The Morgan fingerprint density at radius 2 is 1.88 bits per heavy atom. The average Bonchev–Trinajstić information content (AvgIpc) is 2.56. The fraction of sp³-hybridized carbons (Fsp3) is 0.562. The summed E-state index contributed by atoms with van der Waals surface area (Å²) < 4.78 is 32.6. The van der Waals surface area contributed by atoms with Crippen LogP contribution in [-0.4, -0.2) is 63.4 Å². The average molecular weight is 355 g/mol. The molecule has 0 unspecified atom stereocenters. The maximum absolute atomic E-state index is 12.8. The highest BCUT2D eigenvalue weighted by Crippen LogP contribution is 2.29. The van der Waals surface area contributed by atoms with Crippen LogP contribution in [0.4, 0.5) is 5.69 Å². The fourth-order valence-electron chi connectivity index (χ4n) is 2.46. The molecule has 1 aliphatic rings. The summed E-state index contributed by atoms with van der Waals surface area (Å²) in [4.78, 5) is 14.0. The molecule has 24 heavy (non-hydrogen) atoms. The molecule has 1 N–H and O–H groups in total. The number of anilines is 1. The molecule has 1 amide bonds. The van der Waals surface area contributed by atoms with Gasteiger partial charge < -0.3 is 15.0 Å². The number of ether oxygens (including phenoxy) is 1. The lowest BCUT2D eigenvalue weighted by Crippen LogP contribution is -2.47. The SMILES string of the molecule is CCOc1ccc(S(=O)(=O)N2CCN(C)CC2)cc1NC(=O)CC. The zero-order valence-corrected chi connectivity index (χ0v) is 15.2. The van der Waals surface area contributed by atoms with Crippen molar-refractivity contribution in [2.24, 2.45) is 0 Å². The Morgan fingerprint density at radius 3 is 2.46 bits per heavy atom. The van der Waals surface area contributed by atoms with Gasteiger partial charge in [0.25, 0.3) is 0 Å². The highest BCUT2D eigenvalue weighted by Gasteiger charge is 2.28. The quantitative estimate of drug-likeness (QED) is 0.834. The van der Waals surface area contributed by atoms with Crippen molar-refractivity contribution in [1.82, 2.24) is 9.21 Å². The first-order valence-electron chi connectivity index (χ1n) is 8.13. The molecule has 1 fully saturated rings. The molecule has 1 aliphatic heterocycles. The van der Waals surface area contributed by atoms with Gasteiger partial charge in [-0.15, -0.1) is 0 Å². The van der Waals surface area contributed by atoms with Crippen molar-refractivity contribution in [1.29, 1.82) is 0 Å². The maximum Gasteiger partial charge on any atom is 0.243 e. The Balaban J connectivity index is 2.32. The minimum atomic E-state index is -3.58. The largest absolute Gasteiger partial charge is 0.492 e. The third-order valence-electron chi connectivity index (χ3n) is 3.95. The first-order chi connectivity index (χ1) is 11.4. The first-order valence-corrected chi connectivity index (χ1v) is 9.57. The molecule has 0 spiro atoms. The second-order valence-electron chi connectivity index (χ2n) is 5.70. The van der Waals surface area contributed by atoms with Gasteiger partial charge in [-0.3, -0.25) is 4.79 Å². The van der Waals surface area contributed by atoms with Crippen molar-refractivity contribution in [2.75, 3.05) is 45.2 Å². The summed E-state index contributed by atoms with van der Waals surface area (Å²) in [6.07, 6.45) is 0.307. The number of carbonyl (C=O) groups is 1. The van der Waals surface area contributed by atoms with Gasteiger partial charge in [-0.2, -0.15) is 4.31 Å². The highest BCUT2D eigenvalue weighted by molar-refractivity contribution is 7.89. The molecular weight excluding hydrogens is 330 g/mol. The lowest BCUT2D eigenvalue weighted by molar-refractivity contribution is -0.115. The zero-order chi connectivity index (χ0) is 17.7. The zero-order valence-electron chi connectivity index (χ0n) is 14.4. The van der Waals surface area contributed by atoms with Gasteiger partial charge in [0.15, 0.2) is 0 Å². The van der Waals surface area contributed by atoms with E-state index in [2.05, 4.69) is 10.2 Å². The second-order valence-corrected chi connectivity index (χ2v) is 7.64. The first kappa shape index (κ1) is 18.7. The van der Waals surface area contributed by atoms with E-state index in [1.165, 1.54) is 16.4 Å². The Labute approximate surface area is 143 Å². The van der Waals surface area contributed by atoms with Crippen LogP contribution in [0.1, 0.15) is 20.3 Å². The predicted octanol–water partition coefficient (Wildman–Crippen LogP) is 1.37. The number of carbonyl (C=O) groups excluding carboxylic acids is 1. The third kappa shape index (κ3) is 4.25. The fourth-order valence-corrected chi connectivity index (χ4v) is 3.91. The van der Waals surface area contributed by atoms with E-state index in [-0.39, 0.29) is 10.8 Å². The number of rotatable bonds is 6. The summed E-state index contributed by atoms with van der Waals surface area (Å²) >= 11 is 0. The van der Waals surface area contributed by atoms with Crippen LogP contribution in [-0.2, 0) is 14.8 Å². The molecular formula is C16H25N3O4S. The number of hydrogen-bond acceptors (Lipinski definition) is 5. The third-order valence-corrected chi connectivity index (χ3v) is 5.84. The van der Waals surface area contributed by atoms with Gasteiger partial charge >= 0.3 is 0 Å². The van der Waals surface area contributed by atoms with E-state index in [0.717, 1.165) is 0 Å². The summed E-state index contributed by atoms with van der Waals surface area (Å²) in [6, 6.07) is 4.60. The Hall–Kier alpha value is -1.64. The topological polar surface area (TPSA) is 79.0 Å². The minimum absolute atomic E-state index is 0.168. The van der Waals surface area contributed by atoms with Crippen molar-refractivity contribution < 1.29 is 17.9 Å². The van der Waals surface area contributed by atoms with Crippen LogP contribution in [0.5, 0.6) is 5.75 Å². The van der Waals surface area contributed by atoms with Crippen LogP contribution in [0.15, 0.2) is 23.1 Å². The van der Waals surface area contributed by atoms with Crippen molar-refractivity contribution in [3.63, 3.8) is 0 Å². The molecule has 0 saturated carbocycles. The molecule has 0 aliphatic carbocycles. The van der Waals surface area contributed by atoms with Crippen LogP contribution in [0, 0.1) is 0 Å². The van der Waals surface area contributed by atoms with Crippen molar-refractivity contribution in [3.8, 4) is 5.75 Å². The number of piperazine rings is 1. The van der Waals surface area contributed by atoms with Crippen molar-refractivity contribution >= 4 is 21.6 Å². The van der Waals surface area contributed by atoms with E-state index >= 15 is 0 Å². The molecule has 2 rings (SSSR count). The summed E-state index contributed by atoms with van der Waals surface area (Å²) in [7, 11) is -1.61. The molecule has 134 valence electrons. The van der Waals surface area contributed by atoms with Gasteiger partial charge in [-0.05, 0) is 32.2 Å². The molecule has 0 aromatic heterocycles. The molecule has 0 atom stereocenters. The maximum atomic E-state index is 12.8.